The number of benzene rings is 2. The summed E-state index contributed by atoms with van der Waals surface area (Å²) in [6.07, 6.45) is 3.30. The van der Waals surface area contributed by atoms with Crippen molar-refractivity contribution in [3.63, 3.8) is 0 Å². The van der Waals surface area contributed by atoms with Crippen molar-refractivity contribution in [1.29, 1.82) is 0 Å². The first-order valence-corrected chi connectivity index (χ1v) is 11.9. The molecule has 13 heteroatoms. The van der Waals surface area contributed by atoms with Gasteiger partial charge in [-0.3, -0.25) is 9.67 Å². The Morgan fingerprint density at radius 3 is 2.28 bits per heavy atom. The first-order chi connectivity index (χ1) is 18.7. The Morgan fingerprint density at radius 1 is 0.872 bits per heavy atom. The number of nitrogen functional groups attached to an aromatic ring is 1. The lowest BCUT2D eigenvalue weighted by Gasteiger charge is -2.18. The summed E-state index contributed by atoms with van der Waals surface area (Å²) in [5.41, 5.74) is 8.44. The van der Waals surface area contributed by atoms with Gasteiger partial charge in [0.25, 0.3) is 6.43 Å². The SMILES string of the molecule is Nc1ccc(Cl)c(F)c1-c1ccc(C(Cc2ccc(C(F)F)cc2)n2cc(-c3cn(C(F)F)nn3)cn2)nc1. The molecule has 7 nitrogen and oxygen atoms in total. The molecule has 0 aliphatic rings. The molecule has 0 fully saturated rings. The Labute approximate surface area is 223 Å². The van der Waals surface area contributed by atoms with Crippen LogP contribution in [0.25, 0.3) is 22.4 Å². The maximum atomic E-state index is 14.7. The molecule has 5 aromatic rings. The molecule has 5 rings (SSSR count). The van der Waals surface area contributed by atoms with Crippen LogP contribution in [0.3, 0.4) is 0 Å². The highest BCUT2D eigenvalue weighted by atomic mass is 35.5. The maximum Gasteiger partial charge on any atom is 0.334 e. The van der Waals surface area contributed by atoms with Gasteiger partial charge in [0.1, 0.15) is 5.69 Å². The lowest BCUT2D eigenvalue weighted by molar-refractivity contribution is 0.0546. The zero-order valence-corrected chi connectivity index (χ0v) is 20.7. The molecule has 0 saturated heterocycles. The van der Waals surface area contributed by atoms with E-state index in [1.54, 1.807) is 35.1 Å². The molecule has 0 aliphatic carbocycles. The molecule has 0 aliphatic heterocycles. The molecule has 3 aromatic heterocycles. The van der Waals surface area contributed by atoms with Gasteiger partial charge in [-0.15, -0.1) is 5.10 Å². The van der Waals surface area contributed by atoms with E-state index in [-0.39, 0.29) is 27.5 Å². The van der Waals surface area contributed by atoms with Crippen LogP contribution in [0.2, 0.25) is 5.02 Å². The third kappa shape index (κ3) is 5.46. The van der Waals surface area contributed by atoms with E-state index in [0.29, 0.717) is 27.9 Å². The highest BCUT2D eigenvalue weighted by molar-refractivity contribution is 6.31. The number of hydrogen-bond donors (Lipinski definition) is 1. The van der Waals surface area contributed by atoms with Crippen molar-refractivity contribution in [3.05, 3.63) is 101 Å². The molecule has 2 N–H and O–H groups in total. The predicted octanol–water partition coefficient (Wildman–Crippen LogP) is 6.74. The van der Waals surface area contributed by atoms with E-state index < -0.39 is 24.8 Å². The van der Waals surface area contributed by atoms with Crippen LogP contribution in [0.4, 0.5) is 27.6 Å². The van der Waals surface area contributed by atoms with Crippen molar-refractivity contribution in [2.45, 2.75) is 25.4 Å². The lowest BCUT2D eigenvalue weighted by Crippen LogP contribution is -2.15. The largest absolute Gasteiger partial charge is 0.398 e. The van der Waals surface area contributed by atoms with Gasteiger partial charge in [-0.05, 0) is 23.8 Å². The zero-order valence-electron chi connectivity index (χ0n) is 19.9. The topological polar surface area (TPSA) is 87.4 Å². The van der Waals surface area contributed by atoms with Crippen molar-refractivity contribution < 1.29 is 22.0 Å². The van der Waals surface area contributed by atoms with Crippen LogP contribution in [0.15, 0.2) is 73.3 Å². The fourth-order valence-electron chi connectivity index (χ4n) is 4.11. The van der Waals surface area contributed by atoms with Crippen molar-refractivity contribution in [2.75, 3.05) is 5.73 Å². The van der Waals surface area contributed by atoms with Crippen LogP contribution in [-0.4, -0.2) is 29.8 Å². The number of halogens is 6. The Hall–Kier alpha value is -4.32. The smallest absolute Gasteiger partial charge is 0.334 e. The van der Waals surface area contributed by atoms with E-state index in [1.165, 1.54) is 36.7 Å². The fraction of sp³-hybridized carbons (Fsp3) is 0.154. The molecule has 1 atom stereocenters. The van der Waals surface area contributed by atoms with Gasteiger partial charge in [-0.25, -0.2) is 13.2 Å². The van der Waals surface area contributed by atoms with Gasteiger partial charge in [-0.1, -0.05) is 47.1 Å². The van der Waals surface area contributed by atoms with Crippen LogP contribution in [0.5, 0.6) is 0 Å². The van der Waals surface area contributed by atoms with Crippen molar-refractivity contribution >= 4 is 17.3 Å². The van der Waals surface area contributed by atoms with E-state index in [4.69, 9.17) is 17.3 Å². The normalized spacial score (nSPS) is 12.4. The first kappa shape index (κ1) is 26.3. The fourth-order valence-corrected chi connectivity index (χ4v) is 4.27. The summed E-state index contributed by atoms with van der Waals surface area (Å²) < 4.78 is 68.7. The summed E-state index contributed by atoms with van der Waals surface area (Å²) in [5.74, 6) is -0.671. The summed E-state index contributed by atoms with van der Waals surface area (Å²) >= 11 is 5.93. The van der Waals surface area contributed by atoms with Gasteiger partial charge in [0.05, 0.1) is 29.2 Å². The van der Waals surface area contributed by atoms with Crippen molar-refractivity contribution in [2.24, 2.45) is 0 Å². The van der Waals surface area contributed by atoms with E-state index in [9.17, 15) is 22.0 Å². The number of nitrogens with two attached hydrogens (primary N) is 1. The molecule has 1 unspecified atom stereocenters. The molecule has 0 amide bonds. The maximum absolute atomic E-state index is 14.7. The number of alkyl halides is 4. The number of aromatic nitrogens is 6. The number of hydrogen-bond acceptors (Lipinski definition) is 5. The monoisotopic (exact) mass is 559 g/mol. The van der Waals surface area contributed by atoms with Gasteiger partial charge >= 0.3 is 6.55 Å². The van der Waals surface area contributed by atoms with Gasteiger partial charge in [0, 0.05) is 46.8 Å². The summed E-state index contributed by atoms with van der Waals surface area (Å²) in [5, 5.41) is 11.5. The van der Waals surface area contributed by atoms with Crippen LogP contribution in [0, 0.1) is 5.82 Å². The highest BCUT2D eigenvalue weighted by Crippen LogP contribution is 2.34. The molecule has 2 aromatic carbocycles. The molecule has 3 heterocycles. The van der Waals surface area contributed by atoms with Crippen molar-refractivity contribution in [3.8, 4) is 22.4 Å². The Bertz CT molecular complexity index is 1580. The summed E-state index contributed by atoms with van der Waals surface area (Å²) in [4.78, 5) is 4.52. The highest BCUT2D eigenvalue weighted by Gasteiger charge is 2.21. The second-order valence-electron chi connectivity index (χ2n) is 8.63. The Morgan fingerprint density at radius 2 is 1.64 bits per heavy atom. The standard InChI is InChI=1S/C26H19ClF5N7/c27-18-6-7-19(33)23(24(18)28)16-5-8-20(34-10-16)22(9-14-1-3-15(4-2-14)25(29)30)38-12-17(11-35-38)21-13-39(26(31)32)37-36-21/h1-8,10-13,22,25-26H,9,33H2. The number of pyridine rings is 1. The minimum absolute atomic E-state index is 0.0822. The number of rotatable bonds is 8. The average Bonchev–Trinajstić information content (AvgIpc) is 3.61. The minimum Gasteiger partial charge on any atom is -0.398 e. The zero-order chi connectivity index (χ0) is 27.7. The van der Waals surface area contributed by atoms with Gasteiger partial charge in [0.2, 0.25) is 0 Å². The summed E-state index contributed by atoms with van der Waals surface area (Å²) in [6.45, 7) is -2.84. The lowest BCUT2D eigenvalue weighted by atomic mass is 10.00. The number of anilines is 1. The molecule has 0 bridgehead atoms. The summed E-state index contributed by atoms with van der Waals surface area (Å²) in [7, 11) is 0. The number of nitrogens with zero attached hydrogens (tertiary/aromatic N) is 6. The third-order valence-corrected chi connectivity index (χ3v) is 6.42. The second-order valence-corrected chi connectivity index (χ2v) is 9.04. The Kier molecular flexibility index (Phi) is 7.29. The van der Waals surface area contributed by atoms with E-state index in [0.717, 1.165) is 11.8 Å². The van der Waals surface area contributed by atoms with Gasteiger partial charge < -0.3 is 5.73 Å². The molecular formula is C26H19ClF5N7. The average molecular weight is 560 g/mol. The van der Waals surface area contributed by atoms with Crippen molar-refractivity contribution in [1.82, 2.24) is 29.8 Å². The molecule has 0 radical (unpaired) electrons. The van der Waals surface area contributed by atoms with Gasteiger partial charge in [-0.2, -0.15) is 18.6 Å². The van der Waals surface area contributed by atoms with E-state index >= 15 is 0 Å². The van der Waals surface area contributed by atoms with Gasteiger partial charge in [0.15, 0.2) is 5.82 Å². The molecule has 200 valence electrons. The van der Waals surface area contributed by atoms with Crippen LogP contribution in [-0.2, 0) is 6.42 Å². The molecule has 0 saturated carbocycles. The first-order valence-electron chi connectivity index (χ1n) is 11.5. The third-order valence-electron chi connectivity index (χ3n) is 6.13. The second kappa shape index (κ2) is 10.8. The van der Waals surface area contributed by atoms with Crippen LogP contribution < -0.4 is 5.73 Å². The molecular weight excluding hydrogens is 541 g/mol. The molecule has 39 heavy (non-hydrogen) atoms. The van der Waals surface area contributed by atoms with E-state index in [2.05, 4.69) is 20.4 Å². The van der Waals surface area contributed by atoms with Crippen LogP contribution >= 0.6 is 11.6 Å². The summed E-state index contributed by atoms with van der Waals surface area (Å²) in [6, 6.07) is 11.5. The predicted molar refractivity (Wildman–Crippen MR) is 135 cm³/mol. The minimum atomic E-state index is -2.84. The Balaban J connectivity index is 1.51. The molecule has 0 spiro atoms. The van der Waals surface area contributed by atoms with Crippen LogP contribution in [0.1, 0.15) is 35.8 Å². The van der Waals surface area contributed by atoms with E-state index in [1.807, 2.05) is 0 Å². The quantitative estimate of drug-likeness (QED) is 0.168.